The normalized spacial score (nSPS) is 15.6. The van der Waals surface area contributed by atoms with Crippen molar-refractivity contribution in [2.24, 2.45) is 0 Å². The van der Waals surface area contributed by atoms with Gasteiger partial charge in [0.05, 0.1) is 0 Å². The minimum absolute atomic E-state index is 0.349. The molecule has 0 aromatic carbocycles. The predicted molar refractivity (Wildman–Crippen MR) is 80.1 cm³/mol. The van der Waals surface area contributed by atoms with Crippen LogP contribution in [0.1, 0.15) is 62.3 Å². The standard InChI is InChI=1S/3C4H9.C3H2F3.Sn/c3*1-4(2)3;1-2-3(4,5)6;/h3*1-3H3;1H2;. The maximum absolute atomic E-state index is 13.5. The molecule has 4 heteroatoms. The number of alkyl halides is 3. The third-order valence-corrected chi connectivity index (χ3v) is 26.8. The second-order valence-corrected chi connectivity index (χ2v) is 27.3. The summed E-state index contributed by atoms with van der Waals surface area (Å²) in [5, 5.41) is 0. The van der Waals surface area contributed by atoms with Gasteiger partial charge in [-0.05, 0) is 0 Å². The Kier molecular flexibility index (Phi) is 5.04. The molecular formula is C15H29F3Sn. The average molecular weight is 385 g/mol. The molecule has 0 fully saturated rings. The van der Waals surface area contributed by atoms with Crippen molar-refractivity contribution in [1.82, 2.24) is 0 Å². The minimum atomic E-state index is -4.29. The Morgan fingerprint density at radius 1 is 0.684 bits per heavy atom. The van der Waals surface area contributed by atoms with Gasteiger partial charge in [-0.2, -0.15) is 0 Å². The van der Waals surface area contributed by atoms with Crippen LogP contribution in [-0.2, 0) is 0 Å². The summed E-state index contributed by atoms with van der Waals surface area (Å²) in [5.74, 6) is 0. The number of halogens is 3. The van der Waals surface area contributed by atoms with Crippen LogP contribution in [0.2, 0.25) is 10.3 Å². The third-order valence-electron chi connectivity index (χ3n) is 4.17. The van der Waals surface area contributed by atoms with Gasteiger partial charge < -0.3 is 0 Å². The van der Waals surface area contributed by atoms with Crippen molar-refractivity contribution in [3.8, 4) is 0 Å². The first-order valence-corrected chi connectivity index (χ1v) is 12.4. The van der Waals surface area contributed by atoms with Crippen molar-refractivity contribution in [3.63, 3.8) is 0 Å². The average Bonchev–Trinajstić information content (AvgIpc) is 1.92. The molecule has 0 heterocycles. The Balaban J connectivity index is 6.55. The molecule has 0 aromatic heterocycles. The van der Waals surface area contributed by atoms with Gasteiger partial charge in [-0.1, -0.05) is 0 Å². The van der Waals surface area contributed by atoms with Crippen LogP contribution < -0.4 is 0 Å². The SMILES string of the molecule is C=[C](C(F)(F)F)[Sn]([C](C)(C)C)([C](C)(C)C)[C](C)(C)C. The van der Waals surface area contributed by atoms with Gasteiger partial charge in [0.2, 0.25) is 0 Å². The molecule has 0 aliphatic heterocycles. The molecule has 0 saturated carbocycles. The van der Waals surface area contributed by atoms with Crippen molar-refractivity contribution in [3.05, 3.63) is 10.2 Å². The van der Waals surface area contributed by atoms with E-state index < -0.39 is 28.1 Å². The van der Waals surface area contributed by atoms with Crippen molar-refractivity contribution in [1.29, 1.82) is 0 Å². The van der Waals surface area contributed by atoms with E-state index in [0.29, 0.717) is 0 Å². The zero-order valence-corrected chi connectivity index (χ0v) is 16.7. The molecule has 0 aliphatic rings. The van der Waals surface area contributed by atoms with Gasteiger partial charge in [0, 0.05) is 0 Å². The molecule has 0 rings (SSSR count). The van der Waals surface area contributed by atoms with Gasteiger partial charge >= 0.3 is 120 Å². The van der Waals surface area contributed by atoms with E-state index in [9.17, 15) is 13.2 Å². The maximum atomic E-state index is 13.5. The summed E-state index contributed by atoms with van der Waals surface area (Å²) >= 11 is -3.93. The van der Waals surface area contributed by atoms with Crippen LogP contribution in [0.25, 0.3) is 0 Å². The molecular weight excluding hydrogens is 356 g/mol. The molecule has 0 amide bonds. The van der Waals surface area contributed by atoms with E-state index in [4.69, 9.17) is 0 Å². The van der Waals surface area contributed by atoms with Gasteiger partial charge in [-0.25, -0.2) is 0 Å². The van der Waals surface area contributed by atoms with E-state index in [-0.39, 0.29) is 10.3 Å². The molecule has 0 aliphatic carbocycles. The van der Waals surface area contributed by atoms with E-state index in [2.05, 4.69) is 6.58 Å². The van der Waals surface area contributed by atoms with Crippen molar-refractivity contribution >= 4 is 18.4 Å². The summed E-state index contributed by atoms with van der Waals surface area (Å²) in [7, 11) is 0. The predicted octanol–water partition coefficient (Wildman–Crippen LogP) is 6.49. The molecule has 0 atom stereocenters. The first kappa shape index (κ1) is 19.3. The monoisotopic (exact) mass is 386 g/mol. The fourth-order valence-electron chi connectivity index (χ4n) is 4.95. The Labute approximate surface area is 120 Å². The van der Waals surface area contributed by atoms with E-state index >= 15 is 0 Å². The molecule has 0 aromatic rings. The van der Waals surface area contributed by atoms with E-state index in [1.54, 1.807) is 0 Å². The molecule has 0 saturated heterocycles. The van der Waals surface area contributed by atoms with Gasteiger partial charge in [0.1, 0.15) is 0 Å². The van der Waals surface area contributed by atoms with Gasteiger partial charge in [-0.15, -0.1) is 0 Å². The summed E-state index contributed by atoms with van der Waals surface area (Å²) in [4.78, 5) is 0. The van der Waals surface area contributed by atoms with Crippen molar-refractivity contribution in [2.45, 2.75) is 78.8 Å². The summed E-state index contributed by atoms with van der Waals surface area (Å²) < 4.78 is 39.0. The second-order valence-electron chi connectivity index (χ2n) is 8.48. The number of rotatable bonds is 1. The third kappa shape index (κ3) is 3.16. The molecule has 0 unspecified atom stereocenters. The van der Waals surface area contributed by atoms with Crippen LogP contribution in [0, 0.1) is 0 Å². The first-order chi connectivity index (χ1) is 7.90. The van der Waals surface area contributed by atoms with Crippen LogP contribution in [-0.4, -0.2) is 24.6 Å². The molecule has 0 nitrogen and oxygen atoms in total. The fraction of sp³-hybridized carbons (Fsp3) is 0.867. The summed E-state index contributed by atoms with van der Waals surface area (Å²) in [5.41, 5.74) is 0. The van der Waals surface area contributed by atoms with Gasteiger partial charge in [-0.3, -0.25) is 0 Å². The summed E-state index contributed by atoms with van der Waals surface area (Å²) in [6, 6.07) is 0. The Hall–Kier alpha value is 0.329. The molecule has 19 heavy (non-hydrogen) atoms. The van der Waals surface area contributed by atoms with Gasteiger partial charge in [0.25, 0.3) is 0 Å². The second kappa shape index (κ2) is 4.95. The van der Waals surface area contributed by atoms with Crippen LogP contribution in [0.5, 0.6) is 0 Å². The Bertz CT molecular complexity index is 310. The number of hydrogen-bond acceptors (Lipinski definition) is 0. The molecule has 0 spiro atoms. The van der Waals surface area contributed by atoms with Crippen LogP contribution in [0.15, 0.2) is 10.2 Å². The molecule has 0 radical (unpaired) electrons. The zero-order valence-electron chi connectivity index (χ0n) is 13.8. The number of hydrogen-bond donors (Lipinski definition) is 0. The van der Waals surface area contributed by atoms with E-state index in [1.165, 1.54) is 0 Å². The molecule has 0 N–H and O–H groups in total. The van der Waals surface area contributed by atoms with Crippen LogP contribution in [0.4, 0.5) is 13.2 Å². The van der Waals surface area contributed by atoms with Crippen molar-refractivity contribution in [2.75, 3.05) is 0 Å². The zero-order chi connectivity index (χ0) is 16.1. The Morgan fingerprint density at radius 2 is 0.895 bits per heavy atom. The molecule has 114 valence electrons. The van der Waals surface area contributed by atoms with Crippen LogP contribution >= 0.6 is 0 Å². The van der Waals surface area contributed by atoms with Crippen molar-refractivity contribution < 1.29 is 13.2 Å². The fourth-order valence-corrected chi connectivity index (χ4v) is 33.2. The number of allylic oxidation sites excluding steroid dienone is 1. The molecule has 0 bridgehead atoms. The first-order valence-electron chi connectivity index (χ1n) is 6.67. The summed E-state index contributed by atoms with van der Waals surface area (Å²) in [6.45, 7) is 21.3. The van der Waals surface area contributed by atoms with Gasteiger partial charge in [0.15, 0.2) is 0 Å². The Morgan fingerprint density at radius 3 is 0.947 bits per heavy atom. The topological polar surface area (TPSA) is 0 Å². The quantitative estimate of drug-likeness (QED) is 0.453. The van der Waals surface area contributed by atoms with E-state index in [1.807, 2.05) is 62.3 Å². The van der Waals surface area contributed by atoms with Crippen LogP contribution in [0.3, 0.4) is 0 Å². The summed E-state index contributed by atoms with van der Waals surface area (Å²) in [6.07, 6.45) is -4.29. The van der Waals surface area contributed by atoms with E-state index in [0.717, 1.165) is 0 Å².